The molecule has 130 valence electrons. The molecule has 0 saturated heterocycles. The number of rotatable bonds is 6. The lowest BCUT2D eigenvalue weighted by Gasteiger charge is -2.38. The lowest BCUT2D eigenvalue weighted by atomic mass is 9.75. The molecule has 1 atom stereocenters. The number of aliphatic hydroxyl groups excluding tert-OH is 1. The van der Waals surface area contributed by atoms with Crippen molar-refractivity contribution in [3.63, 3.8) is 0 Å². The summed E-state index contributed by atoms with van der Waals surface area (Å²) < 4.78 is 10.4. The predicted molar refractivity (Wildman–Crippen MR) is 91.4 cm³/mol. The molecule has 2 aromatic heterocycles. The van der Waals surface area contributed by atoms with Gasteiger partial charge in [0.2, 0.25) is 5.88 Å². The summed E-state index contributed by atoms with van der Waals surface area (Å²) in [7, 11) is 3.08. The fourth-order valence-electron chi connectivity index (χ4n) is 3.09. The summed E-state index contributed by atoms with van der Waals surface area (Å²) in [5, 5.41) is 22.6. The minimum Gasteiger partial charge on any atom is -0.495 e. The molecule has 2 N–H and O–H groups in total. The molecule has 1 unspecified atom stereocenters. The highest BCUT2D eigenvalue weighted by atomic mass is 16.5. The smallest absolute Gasteiger partial charge is 0.233 e. The largest absolute Gasteiger partial charge is 0.495 e. The van der Waals surface area contributed by atoms with Gasteiger partial charge in [-0.1, -0.05) is 0 Å². The second-order valence-corrected chi connectivity index (χ2v) is 6.02. The Hall–Kier alpha value is -2.85. The van der Waals surface area contributed by atoms with Gasteiger partial charge in [0.25, 0.3) is 0 Å². The van der Waals surface area contributed by atoms with Crippen molar-refractivity contribution in [1.82, 2.24) is 9.97 Å². The normalized spacial score (nSPS) is 20.1. The summed E-state index contributed by atoms with van der Waals surface area (Å²) >= 11 is 0. The molecule has 7 heteroatoms. The van der Waals surface area contributed by atoms with E-state index in [-0.39, 0.29) is 23.9 Å². The van der Waals surface area contributed by atoms with Gasteiger partial charge in [0.15, 0.2) is 0 Å². The first-order chi connectivity index (χ1) is 12.2. The average molecular weight is 340 g/mol. The van der Waals surface area contributed by atoms with Crippen LogP contribution in [0.3, 0.4) is 0 Å². The van der Waals surface area contributed by atoms with E-state index in [0.29, 0.717) is 29.8 Å². The third kappa shape index (κ3) is 3.49. The van der Waals surface area contributed by atoms with E-state index in [9.17, 15) is 10.4 Å². The van der Waals surface area contributed by atoms with Crippen LogP contribution >= 0.6 is 0 Å². The van der Waals surface area contributed by atoms with Crippen LogP contribution in [-0.4, -0.2) is 35.4 Å². The molecule has 1 fully saturated rings. The number of anilines is 1. The van der Waals surface area contributed by atoms with Gasteiger partial charge < -0.3 is 19.9 Å². The second kappa shape index (κ2) is 7.36. The molecule has 0 bridgehead atoms. The molecule has 1 aliphatic rings. The number of hydrogen-bond acceptors (Lipinski definition) is 7. The Morgan fingerprint density at radius 3 is 2.76 bits per heavy atom. The standard InChI is InChI=1S/C18H20N4O3/c1-24-14-7-12(9-20-10-14)17(11-5-13(23)6-11)22-16-3-4-21-18(25-2)15(16)8-19/h3-4,7,9-11,13,17,23H,5-6H2,1-2H3,(H,21,22). The van der Waals surface area contributed by atoms with E-state index in [1.807, 2.05) is 6.07 Å². The molecule has 0 aromatic carbocycles. The van der Waals surface area contributed by atoms with Gasteiger partial charge in [-0.25, -0.2) is 4.98 Å². The van der Waals surface area contributed by atoms with Crippen LogP contribution in [0.1, 0.15) is 30.0 Å². The van der Waals surface area contributed by atoms with Gasteiger partial charge in [-0.2, -0.15) is 5.26 Å². The van der Waals surface area contributed by atoms with Crippen molar-refractivity contribution in [3.05, 3.63) is 41.9 Å². The molecule has 2 heterocycles. The van der Waals surface area contributed by atoms with Crippen LogP contribution < -0.4 is 14.8 Å². The molecule has 0 spiro atoms. The van der Waals surface area contributed by atoms with Crippen molar-refractivity contribution in [2.75, 3.05) is 19.5 Å². The lowest BCUT2D eigenvalue weighted by molar-refractivity contribution is 0.0339. The van der Waals surface area contributed by atoms with Crippen molar-refractivity contribution in [2.45, 2.75) is 25.0 Å². The van der Waals surface area contributed by atoms with Crippen LogP contribution in [0.5, 0.6) is 11.6 Å². The number of aliphatic hydroxyl groups is 1. The van der Waals surface area contributed by atoms with Gasteiger partial charge in [0.1, 0.15) is 17.4 Å². The Kier molecular flexibility index (Phi) is 5.00. The topological polar surface area (TPSA) is 100 Å². The van der Waals surface area contributed by atoms with Crippen LogP contribution in [0.4, 0.5) is 5.69 Å². The van der Waals surface area contributed by atoms with Crippen molar-refractivity contribution in [2.24, 2.45) is 5.92 Å². The third-order valence-electron chi connectivity index (χ3n) is 4.48. The molecule has 0 radical (unpaired) electrons. The fourth-order valence-corrected chi connectivity index (χ4v) is 3.09. The number of nitrogens with one attached hydrogen (secondary N) is 1. The van der Waals surface area contributed by atoms with Crippen LogP contribution in [0, 0.1) is 17.2 Å². The Balaban J connectivity index is 1.95. The first kappa shape index (κ1) is 17.0. The number of hydrogen-bond donors (Lipinski definition) is 2. The zero-order chi connectivity index (χ0) is 17.8. The van der Waals surface area contributed by atoms with Crippen molar-refractivity contribution in [3.8, 4) is 17.7 Å². The number of pyridine rings is 2. The fraction of sp³-hybridized carbons (Fsp3) is 0.389. The number of nitrogens with zero attached hydrogens (tertiary/aromatic N) is 3. The van der Waals surface area contributed by atoms with Crippen LogP contribution in [0.15, 0.2) is 30.7 Å². The molecule has 2 aromatic rings. The molecule has 0 aliphatic heterocycles. The first-order valence-corrected chi connectivity index (χ1v) is 8.03. The third-order valence-corrected chi connectivity index (χ3v) is 4.48. The summed E-state index contributed by atoms with van der Waals surface area (Å²) in [6.45, 7) is 0. The first-order valence-electron chi connectivity index (χ1n) is 8.03. The molecular formula is C18H20N4O3. The number of aromatic nitrogens is 2. The molecule has 0 amide bonds. The zero-order valence-corrected chi connectivity index (χ0v) is 14.1. The van der Waals surface area contributed by atoms with Crippen molar-refractivity contribution < 1.29 is 14.6 Å². The number of ether oxygens (including phenoxy) is 2. The van der Waals surface area contributed by atoms with Gasteiger partial charge >= 0.3 is 0 Å². The highest BCUT2D eigenvalue weighted by Crippen LogP contribution is 2.41. The minimum atomic E-state index is -0.282. The van der Waals surface area contributed by atoms with Gasteiger partial charge in [0.05, 0.1) is 38.2 Å². The van der Waals surface area contributed by atoms with Gasteiger partial charge in [-0.3, -0.25) is 4.98 Å². The number of nitriles is 1. The van der Waals surface area contributed by atoms with Crippen LogP contribution in [0.2, 0.25) is 0 Å². The van der Waals surface area contributed by atoms with Crippen LogP contribution in [0.25, 0.3) is 0 Å². The highest BCUT2D eigenvalue weighted by molar-refractivity contribution is 5.62. The Morgan fingerprint density at radius 1 is 1.32 bits per heavy atom. The molecule has 25 heavy (non-hydrogen) atoms. The lowest BCUT2D eigenvalue weighted by Crippen LogP contribution is -2.36. The number of methoxy groups -OCH3 is 2. The van der Waals surface area contributed by atoms with E-state index >= 15 is 0 Å². The molecule has 1 saturated carbocycles. The van der Waals surface area contributed by atoms with E-state index in [0.717, 1.165) is 5.56 Å². The molecule has 3 rings (SSSR count). The minimum absolute atomic E-state index is 0.106. The monoisotopic (exact) mass is 340 g/mol. The summed E-state index contributed by atoms with van der Waals surface area (Å²) in [4.78, 5) is 8.29. The van der Waals surface area contributed by atoms with Crippen molar-refractivity contribution in [1.29, 1.82) is 5.26 Å². The van der Waals surface area contributed by atoms with Crippen LogP contribution in [-0.2, 0) is 0 Å². The molecular weight excluding hydrogens is 320 g/mol. The molecule has 7 nitrogen and oxygen atoms in total. The van der Waals surface area contributed by atoms with E-state index < -0.39 is 0 Å². The average Bonchev–Trinajstić information content (AvgIpc) is 2.63. The maximum atomic E-state index is 9.71. The maximum Gasteiger partial charge on any atom is 0.233 e. The highest BCUT2D eigenvalue weighted by Gasteiger charge is 2.35. The van der Waals surface area contributed by atoms with E-state index in [4.69, 9.17) is 9.47 Å². The van der Waals surface area contributed by atoms with Gasteiger partial charge in [0, 0.05) is 12.4 Å². The van der Waals surface area contributed by atoms with Crippen molar-refractivity contribution >= 4 is 5.69 Å². The Morgan fingerprint density at radius 2 is 2.12 bits per heavy atom. The summed E-state index contributed by atoms with van der Waals surface area (Å²) in [6.07, 6.45) is 6.12. The summed E-state index contributed by atoms with van der Waals surface area (Å²) in [5.74, 6) is 1.18. The zero-order valence-electron chi connectivity index (χ0n) is 14.1. The summed E-state index contributed by atoms with van der Waals surface area (Å²) in [5.41, 5.74) is 1.94. The Labute approximate surface area is 146 Å². The summed E-state index contributed by atoms with van der Waals surface area (Å²) in [6, 6.07) is 5.70. The SMILES string of the molecule is COc1cncc(C(Nc2ccnc(OC)c2C#N)C2CC(O)C2)c1. The molecule has 1 aliphatic carbocycles. The Bertz CT molecular complexity index is 784. The predicted octanol–water partition coefficient (Wildman–Crippen LogP) is 2.29. The maximum absolute atomic E-state index is 9.71. The van der Waals surface area contributed by atoms with Gasteiger partial charge in [-0.15, -0.1) is 0 Å². The second-order valence-electron chi connectivity index (χ2n) is 6.02. The van der Waals surface area contributed by atoms with Gasteiger partial charge in [-0.05, 0) is 36.5 Å². The van der Waals surface area contributed by atoms with E-state index in [1.54, 1.807) is 31.8 Å². The van der Waals surface area contributed by atoms with E-state index in [1.165, 1.54) is 7.11 Å². The quantitative estimate of drug-likeness (QED) is 0.832. The van der Waals surface area contributed by atoms with E-state index in [2.05, 4.69) is 21.4 Å².